The minimum absolute atomic E-state index is 0.114. The van der Waals surface area contributed by atoms with Gasteiger partial charge in [0, 0.05) is 24.2 Å². The number of alkyl halides is 3. The van der Waals surface area contributed by atoms with Gasteiger partial charge in [0.2, 0.25) is 0 Å². The maximum Gasteiger partial charge on any atom is 0.410 e. The van der Waals surface area contributed by atoms with E-state index >= 15 is 4.39 Å². The molecule has 7 nitrogen and oxygen atoms in total. The van der Waals surface area contributed by atoms with Gasteiger partial charge in [0.05, 0.1) is 17.8 Å². The van der Waals surface area contributed by atoms with Gasteiger partial charge in [-0.05, 0) is 64.3 Å². The summed E-state index contributed by atoms with van der Waals surface area (Å²) in [6.45, 7) is 5.36. The van der Waals surface area contributed by atoms with Crippen LogP contribution in [0.1, 0.15) is 52.0 Å². The lowest BCUT2D eigenvalue weighted by molar-refractivity contribution is -0.0104. The van der Waals surface area contributed by atoms with Crippen molar-refractivity contribution >= 4 is 11.9 Å². The number of carbonyl (C=O) groups is 1. The van der Waals surface area contributed by atoms with Crippen molar-refractivity contribution in [2.24, 2.45) is 0 Å². The van der Waals surface area contributed by atoms with Crippen LogP contribution in [0.15, 0.2) is 30.3 Å². The molecule has 0 radical (unpaired) electrons. The minimum atomic E-state index is -2.69. The summed E-state index contributed by atoms with van der Waals surface area (Å²) in [5, 5.41) is 18.4. The molecule has 184 valence electrons. The number of amides is 1. The lowest BCUT2D eigenvalue weighted by atomic mass is 9.94. The average molecular weight is 479 g/mol. The van der Waals surface area contributed by atoms with Crippen LogP contribution in [0.2, 0.25) is 0 Å². The number of carbonyl (C=O) groups excluding carboxylic acids is 1. The number of phenolic OH excluding ortho intramolecular Hbond substituents is 1. The first-order chi connectivity index (χ1) is 16.0. The van der Waals surface area contributed by atoms with E-state index in [0.29, 0.717) is 30.8 Å². The van der Waals surface area contributed by atoms with Crippen molar-refractivity contribution in [3.05, 3.63) is 35.9 Å². The van der Waals surface area contributed by atoms with Gasteiger partial charge < -0.3 is 14.7 Å². The zero-order chi connectivity index (χ0) is 24.8. The number of nitrogens with zero attached hydrogens (tertiary/aromatic N) is 4. The first-order valence-electron chi connectivity index (χ1n) is 11.3. The summed E-state index contributed by atoms with van der Waals surface area (Å²) < 4.78 is 46.7. The van der Waals surface area contributed by atoms with Gasteiger partial charge in [-0.1, -0.05) is 6.07 Å². The van der Waals surface area contributed by atoms with Crippen LogP contribution < -0.4 is 4.90 Å². The summed E-state index contributed by atoms with van der Waals surface area (Å²) in [6, 6.07) is 5.69. The van der Waals surface area contributed by atoms with Gasteiger partial charge in [0.1, 0.15) is 17.5 Å². The first-order valence-corrected chi connectivity index (χ1v) is 11.3. The van der Waals surface area contributed by atoms with Gasteiger partial charge in [-0.25, -0.2) is 18.0 Å². The summed E-state index contributed by atoms with van der Waals surface area (Å²) in [5.74, 6) is 0.119. The summed E-state index contributed by atoms with van der Waals surface area (Å²) in [7, 11) is 1.73. The SMILES string of the molecule is CN(c1ccc(-c2ccc(C(F)F)cc2O)nn1)[C@@H]1C[C@H]2CC[C@@H]([C@@H]1F)N2C(=O)OC(C)(C)C. The van der Waals surface area contributed by atoms with E-state index in [-0.39, 0.29) is 22.9 Å². The average Bonchev–Trinajstić information content (AvgIpc) is 3.12. The number of ether oxygens (including phenoxy) is 1. The lowest BCUT2D eigenvalue weighted by Gasteiger charge is -2.44. The highest BCUT2D eigenvalue weighted by atomic mass is 19.3. The van der Waals surface area contributed by atoms with Gasteiger partial charge in [0.25, 0.3) is 6.43 Å². The van der Waals surface area contributed by atoms with Crippen molar-refractivity contribution in [2.45, 2.75) is 76.4 Å². The number of piperidine rings is 1. The maximum atomic E-state index is 15.6. The Kier molecular flexibility index (Phi) is 6.35. The summed E-state index contributed by atoms with van der Waals surface area (Å²) >= 11 is 0. The number of aromatic hydroxyl groups is 1. The molecule has 1 amide bonds. The molecule has 2 fully saturated rings. The van der Waals surface area contributed by atoms with Crippen LogP contribution in [0.4, 0.5) is 23.8 Å². The molecule has 0 saturated carbocycles. The standard InChI is InChI=1S/C24H29F3N4O3/c1-24(2,3)34-23(33)31-14-6-9-17(31)21(25)18(12-14)30(4)20-10-8-16(28-29-20)15-7-5-13(22(26)27)11-19(15)32/h5,7-8,10-11,14,17-18,21-22,32H,6,9,12H2,1-4H3/t14-,17+,18-,21+/m1/s1. The monoisotopic (exact) mass is 478 g/mol. The van der Waals surface area contributed by atoms with Crippen molar-refractivity contribution in [2.75, 3.05) is 11.9 Å². The van der Waals surface area contributed by atoms with E-state index in [4.69, 9.17) is 4.74 Å². The molecule has 4 atom stereocenters. The highest BCUT2D eigenvalue weighted by molar-refractivity contribution is 5.70. The van der Waals surface area contributed by atoms with Gasteiger partial charge in [0.15, 0.2) is 5.82 Å². The number of anilines is 1. The number of benzene rings is 1. The number of phenols is 1. The van der Waals surface area contributed by atoms with E-state index in [0.717, 1.165) is 6.07 Å². The predicted molar refractivity (Wildman–Crippen MR) is 121 cm³/mol. The van der Waals surface area contributed by atoms with Gasteiger partial charge in [-0.2, -0.15) is 0 Å². The molecule has 10 heteroatoms. The van der Waals surface area contributed by atoms with Crippen molar-refractivity contribution < 1.29 is 27.8 Å². The van der Waals surface area contributed by atoms with E-state index in [1.54, 1.807) is 49.8 Å². The van der Waals surface area contributed by atoms with Crippen LogP contribution in [0.5, 0.6) is 5.75 Å². The molecule has 2 aromatic rings. The second-order valence-corrected chi connectivity index (χ2v) is 9.90. The molecule has 0 aliphatic carbocycles. The Morgan fingerprint density at radius 2 is 1.94 bits per heavy atom. The normalized spacial score (nSPS) is 24.4. The molecule has 0 unspecified atom stereocenters. The summed E-state index contributed by atoms with van der Waals surface area (Å²) in [5.41, 5.74) is -0.348. The molecular weight excluding hydrogens is 449 g/mol. The number of hydrogen-bond donors (Lipinski definition) is 1. The number of fused-ring (bicyclic) bond motifs is 2. The number of hydrogen-bond acceptors (Lipinski definition) is 6. The molecule has 1 N–H and O–H groups in total. The van der Waals surface area contributed by atoms with E-state index in [2.05, 4.69) is 10.2 Å². The Morgan fingerprint density at radius 3 is 2.53 bits per heavy atom. The topological polar surface area (TPSA) is 78.8 Å². The molecule has 34 heavy (non-hydrogen) atoms. The number of aromatic nitrogens is 2. The van der Waals surface area contributed by atoms with Crippen LogP contribution in [0.3, 0.4) is 0 Å². The van der Waals surface area contributed by atoms with Gasteiger partial charge >= 0.3 is 6.09 Å². The van der Waals surface area contributed by atoms with Gasteiger partial charge in [-0.3, -0.25) is 4.90 Å². The number of halogens is 3. The third kappa shape index (κ3) is 4.63. The fraction of sp³-hybridized carbons (Fsp3) is 0.542. The Morgan fingerprint density at radius 1 is 1.21 bits per heavy atom. The molecule has 3 heterocycles. The maximum absolute atomic E-state index is 15.6. The molecule has 2 aliphatic heterocycles. The summed E-state index contributed by atoms with van der Waals surface area (Å²) in [4.78, 5) is 15.9. The van der Waals surface area contributed by atoms with Crippen LogP contribution in [-0.2, 0) is 4.74 Å². The fourth-order valence-electron chi connectivity index (χ4n) is 4.82. The van der Waals surface area contributed by atoms with Crippen molar-refractivity contribution in [1.29, 1.82) is 0 Å². The highest BCUT2D eigenvalue weighted by Gasteiger charge is 2.52. The third-order valence-corrected chi connectivity index (χ3v) is 6.46. The van der Waals surface area contributed by atoms with Crippen LogP contribution in [-0.4, -0.2) is 63.2 Å². The zero-order valence-corrected chi connectivity index (χ0v) is 19.6. The van der Waals surface area contributed by atoms with Crippen LogP contribution in [0, 0.1) is 0 Å². The molecule has 1 aromatic heterocycles. The van der Waals surface area contributed by atoms with E-state index in [9.17, 15) is 18.7 Å². The lowest BCUT2D eigenvalue weighted by Crippen LogP contribution is -2.59. The second kappa shape index (κ2) is 8.96. The first kappa shape index (κ1) is 24.1. The molecule has 0 spiro atoms. The molecule has 2 aliphatic rings. The predicted octanol–water partition coefficient (Wildman–Crippen LogP) is 5.10. The van der Waals surface area contributed by atoms with Gasteiger partial charge in [-0.15, -0.1) is 10.2 Å². The van der Waals surface area contributed by atoms with Crippen LogP contribution >= 0.6 is 0 Å². The van der Waals surface area contributed by atoms with Crippen molar-refractivity contribution in [3.63, 3.8) is 0 Å². The molecule has 2 bridgehead atoms. The molecule has 2 saturated heterocycles. The van der Waals surface area contributed by atoms with Crippen LogP contribution in [0.25, 0.3) is 11.3 Å². The molecular formula is C24H29F3N4O3. The molecule has 1 aromatic carbocycles. The Balaban J connectivity index is 1.49. The number of rotatable bonds is 4. The zero-order valence-electron chi connectivity index (χ0n) is 19.6. The Bertz CT molecular complexity index is 1040. The fourth-order valence-corrected chi connectivity index (χ4v) is 4.82. The molecule has 4 rings (SSSR count). The van der Waals surface area contributed by atoms with E-state index < -0.39 is 36.4 Å². The third-order valence-electron chi connectivity index (χ3n) is 6.46. The van der Waals surface area contributed by atoms with E-state index in [1.165, 1.54) is 12.1 Å². The van der Waals surface area contributed by atoms with Crippen molar-refractivity contribution in [3.8, 4) is 17.0 Å². The van der Waals surface area contributed by atoms with E-state index in [1.807, 2.05) is 0 Å². The van der Waals surface area contributed by atoms with Crippen molar-refractivity contribution in [1.82, 2.24) is 15.1 Å². The second-order valence-electron chi connectivity index (χ2n) is 9.90. The summed E-state index contributed by atoms with van der Waals surface area (Å²) in [6.07, 6.45) is -2.73. The Labute approximate surface area is 196 Å². The quantitative estimate of drug-likeness (QED) is 0.659. The minimum Gasteiger partial charge on any atom is -0.507 e. The largest absolute Gasteiger partial charge is 0.507 e. The smallest absolute Gasteiger partial charge is 0.410 e. The highest BCUT2D eigenvalue weighted by Crippen LogP contribution is 2.41. The Hall–Kier alpha value is -3.04.